The first-order valence-electron chi connectivity index (χ1n) is 12.3. The summed E-state index contributed by atoms with van der Waals surface area (Å²) >= 11 is 0. The number of hydrogen-bond acceptors (Lipinski definition) is 7. The lowest BCUT2D eigenvalue weighted by atomic mass is 10.1. The van der Waals surface area contributed by atoms with Gasteiger partial charge in [0, 0.05) is 25.3 Å². The fraction of sp³-hybridized carbons (Fsp3) is 0.333. The summed E-state index contributed by atoms with van der Waals surface area (Å²) in [6.45, 7) is 4.30. The van der Waals surface area contributed by atoms with Crippen molar-refractivity contribution < 1.29 is 14.3 Å². The Morgan fingerprint density at radius 2 is 1.86 bits per heavy atom. The van der Waals surface area contributed by atoms with Crippen molar-refractivity contribution in [2.24, 2.45) is 0 Å². The number of nitrogens with two attached hydrogens (primary N) is 1. The average Bonchev–Trinajstić information content (AvgIpc) is 3.31. The molecule has 0 saturated carbocycles. The average molecular weight is 487 g/mol. The Bertz CT molecular complexity index is 1320. The SMILES string of the molecule is CCOCCC(=O)N1CCC[C@H](n2nc(-c3ccc(Oc4ccccc4)cc3)c3c(N)ncnc32)C1. The minimum atomic E-state index is 0.000954. The number of amides is 1. The van der Waals surface area contributed by atoms with Crippen molar-refractivity contribution in [2.75, 3.05) is 32.0 Å². The molecule has 1 aliphatic heterocycles. The molecule has 4 aromatic rings. The number of carbonyl (C=O) groups excluding carboxylic acids is 1. The molecule has 5 rings (SSSR count). The van der Waals surface area contributed by atoms with Gasteiger partial charge < -0.3 is 20.1 Å². The lowest BCUT2D eigenvalue weighted by Crippen LogP contribution is -2.41. The maximum Gasteiger partial charge on any atom is 0.224 e. The number of anilines is 1. The van der Waals surface area contributed by atoms with Crippen LogP contribution in [0.1, 0.15) is 32.2 Å². The minimum Gasteiger partial charge on any atom is -0.457 e. The van der Waals surface area contributed by atoms with Crippen molar-refractivity contribution in [2.45, 2.75) is 32.2 Å². The molecule has 0 unspecified atom stereocenters. The van der Waals surface area contributed by atoms with Crippen LogP contribution < -0.4 is 10.5 Å². The predicted octanol–water partition coefficient (Wildman–Crippen LogP) is 4.46. The molecule has 36 heavy (non-hydrogen) atoms. The van der Waals surface area contributed by atoms with Gasteiger partial charge in [0.1, 0.15) is 29.3 Å². The Hall–Kier alpha value is -3.98. The largest absolute Gasteiger partial charge is 0.457 e. The summed E-state index contributed by atoms with van der Waals surface area (Å²) in [5, 5.41) is 5.67. The Kier molecular flexibility index (Phi) is 7.08. The van der Waals surface area contributed by atoms with E-state index in [9.17, 15) is 4.79 Å². The third-order valence-electron chi connectivity index (χ3n) is 6.38. The smallest absolute Gasteiger partial charge is 0.224 e. The summed E-state index contributed by atoms with van der Waals surface area (Å²) in [5.74, 6) is 1.99. The Balaban J connectivity index is 1.42. The van der Waals surface area contributed by atoms with Gasteiger partial charge in [-0.15, -0.1) is 0 Å². The number of benzene rings is 2. The molecule has 0 bridgehead atoms. The van der Waals surface area contributed by atoms with E-state index in [4.69, 9.17) is 20.3 Å². The van der Waals surface area contributed by atoms with Crippen LogP contribution in [0.4, 0.5) is 5.82 Å². The molecule has 9 nitrogen and oxygen atoms in total. The van der Waals surface area contributed by atoms with Crippen LogP contribution in [0.2, 0.25) is 0 Å². The molecule has 2 aromatic carbocycles. The summed E-state index contributed by atoms with van der Waals surface area (Å²) in [4.78, 5) is 23.4. The number of fused-ring (bicyclic) bond motifs is 1. The van der Waals surface area contributed by atoms with Crippen LogP contribution in [0.3, 0.4) is 0 Å². The number of nitrogens with zero attached hydrogens (tertiary/aromatic N) is 5. The minimum absolute atomic E-state index is 0.000954. The van der Waals surface area contributed by atoms with Crippen molar-refractivity contribution in [1.82, 2.24) is 24.6 Å². The van der Waals surface area contributed by atoms with Gasteiger partial charge in [0.15, 0.2) is 5.65 Å². The van der Waals surface area contributed by atoms with Crippen molar-refractivity contribution in [3.63, 3.8) is 0 Å². The van der Waals surface area contributed by atoms with Crippen molar-refractivity contribution in [1.29, 1.82) is 0 Å². The molecule has 1 amide bonds. The fourth-order valence-corrected chi connectivity index (χ4v) is 4.60. The molecule has 1 saturated heterocycles. The van der Waals surface area contributed by atoms with Gasteiger partial charge in [0.2, 0.25) is 5.91 Å². The van der Waals surface area contributed by atoms with Gasteiger partial charge in [-0.2, -0.15) is 5.10 Å². The van der Waals surface area contributed by atoms with E-state index in [-0.39, 0.29) is 11.9 Å². The number of carbonyl (C=O) groups is 1. The summed E-state index contributed by atoms with van der Waals surface area (Å²) in [6.07, 6.45) is 3.65. The highest BCUT2D eigenvalue weighted by Gasteiger charge is 2.28. The fourth-order valence-electron chi connectivity index (χ4n) is 4.60. The summed E-state index contributed by atoms with van der Waals surface area (Å²) in [7, 11) is 0. The summed E-state index contributed by atoms with van der Waals surface area (Å²) in [6, 6.07) is 17.4. The van der Waals surface area contributed by atoms with Crippen molar-refractivity contribution >= 4 is 22.8 Å². The molecule has 186 valence electrons. The number of hydrogen-bond donors (Lipinski definition) is 1. The van der Waals surface area contributed by atoms with Gasteiger partial charge in [0.25, 0.3) is 0 Å². The van der Waals surface area contributed by atoms with Crippen LogP contribution in [0.15, 0.2) is 60.9 Å². The molecule has 2 aromatic heterocycles. The molecule has 1 atom stereocenters. The second-order valence-corrected chi connectivity index (χ2v) is 8.77. The number of nitrogen functional groups attached to an aromatic ring is 1. The van der Waals surface area contributed by atoms with Gasteiger partial charge in [-0.3, -0.25) is 4.79 Å². The molecule has 2 N–H and O–H groups in total. The second kappa shape index (κ2) is 10.7. The molecule has 0 aliphatic carbocycles. The van der Waals surface area contributed by atoms with Crippen molar-refractivity contribution in [3.8, 4) is 22.8 Å². The molecule has 1 aliphatic rings. The third-order valence-corrected chi connectivity index (χ3v) is 6.38. The van der Waals surface area contributed by atoms with Crippen LogP contribution in [0, 0.1) is 0 Å². The van der Waals surface area contributed by atoms with E-state index in [0.29, 0.717) is 48.7 Å². The first-order chi connectivity index (χ1) is 17.6. The zero-order chi connectivity index (χ0) is 24.9. The standard InChI is InChI=1S/C27H30N6O3/c1-2-35-16-14-23(34)32-15-6-7-20(17-32)33-27-24(26(28)29-18-30-27)25(31-33)19-10-12-22(13-11-19)36-21-8-4-3-5-9-21/h3-5,8-13,18,20H,2,6-7,14-17H2,1H3,(H2,28,29,30)/t20-/m0/s1. The normalized spacial score (nSPS) is 15.8. The number of ether oxygens (including phenoxy) is 2. The number of para-hydroxylation sites is 1. The van der Waals surface area contributed by atoms with Gasteiger partial charge in [0.05, 0.1) is 24.5 Å². The van der Waals surface area contributed by atoms with Gasteiger partial charge in [-0.05, 0) is 56.2 Å². The third kappa shape index (κ3) is 5.01. The highest BCUT2D eigenvalue weighted by molar-refractivity contribution is 5.98. The quantitative estimate of drug-likeness (QED) is 0.366. The summed E-state index contributed by atoms with van der Waals surface area (Å²) < 4.78 is 13.2. The number of rotatable bonds is 8. The topological polar surface area (TPSA) is 108 Å². The lowest BCUT2D eigenvalue weighted by molar-refractivity contribution is -0.134. The molecule has 1 fully saturated rings. The maximum atomic E-state index is 12.7. The molecular weight excluding hydrogens is 456 g/mol. The number of piperidine rings is 1. The van der Waals surface area contributed by atoms with E-state index >= 15 is 0 Å². The summed E-state index contributed by atoms with van der Waals surface area (Å²) in [5.41, 5.74) is 8.59. The molecule has 0 radical (unpaired) electrons. The lowest BCUT2D eigenvalue weighted by Gasteiger charge is -2.33. The van der Waals surface area contributed by atoms with Gasteiger partial charge in [-0.25, -0.2) is 14.6 Å². The van der Waals surface area contributed by atoms with E-state index in [1.807, 2.05) is 71.1 Å². The Morgan fingerprint density at radius 1 is 1.08 bits per heavy atom. The van der Waals surface area contributed by atoms with E-state index in [0.717, 1.165) is 36.4 Å². The predicted molar refractivity (Wildman–Crippen MR) is 138 cm³/mol. The Labute approximate surface area is 209 Å². The van der Waals surface area contributed by atoms with Gasteiger partial charge in [-0.1, -0.05) is 18.2 Å². The Morgan fingerprint density at radius 3 is 2.64 bits per heavy atom. The molecule has 9 heteroatoms. The first kappa shape index (κ1) is 23.7. The van der Waals surface area contributed by atoms with Crippen LogP contribution in [0.25, 0.3) is 22.3 Å². The van der Waals surface area contributed by atoms with E-state index in [1.165, 1.54) is 6.33 Å². The molecule has 0 spiro atoms. The van der Waals surface area contributed by atoms with Crippen LogP contribution in [-0.4, -0.2) is 56.9 Å². The van der Waals surface area contributed by atoms with E-state index < -0.39 is 0 Å². The number of likely N-dealkylation sites (tertiary alicyclic amines) is 1. The van der Waals surface area contributed by atoms with E-state index in [1.54, 1.807) is 0 Å². The molecule has 3 heterocycles. The molecular formula is C27H30N6O3. The van der Waals surface area contributed by atoms with Crippen LogP contribution >= 0.6 is 0 Å². The monoisotopic (exact) mass is 486 g/mol. The highest BCUT2D eigenvalue weighted by atomic mass is 16.5. The van der Waals surface area contributed by atoms with Gasteiger partial charge >= 0.3 is 0 Å². The van der Waals surface area contributed by atoms with Crippen LogP contribution in [0.5, 0.6) is 11.5 Å². The first-order valence-corrected chi connectivity index (χ1v) is 12.3. The maximum absolute atomic E-state index is 12.7. The van der Waals surface area contributed by atoms with Crippen LogP contribution in [-0.2, 0) is 9.53 Å². The second-order valence-electron chi connectivity index (χ2n) is 8.77. The zero-order valence-corrected chi connectivity index (χ0v) is 20.3. The van der Waals surface area contributed by atoms with Crippen molar-refractivity contribution in [3.05, 3.63) is 60.9 Å². The zero-order valence-electron chi connectivity index (χ0n) is 20.3. The van der Waals surface area contributed by atoms with E-state index in [2.05, 4.69) is 9.97 Å². The number of aromatic nitrogens is 4. The highest BCUT2D eigenvalue weighted by Crippen LogP contribution is 2.35.